The van der Waals surface area contributed by atoms with Crippen LogP contribution in [0.25, 0.3) is 0 Å². The van der Waals surface area contributed by atoms with E-state index in [2.05, 4.69) is 30.6 Å². The number of anilines is 1. The van der Waals surface area contributed by atoms with E-state index in [1.54, 1.807) is 19.2 Å². The molecule has 2 heterocycles. The van der Waals surface area contributed by atoms with E-state index in [9.17, 15) is 8.42 Å². The summed E-state index contributed by atoms with van der Waals surface area (Å²) in [5.41, 5.74) is 0.943. The lowest BCUT2D eigenvalue weighted by Gasteiger charge is -2.15. The number of thiophene rings is 1. The van der Waals surface area contributed by atoms with Gasteiger partial charge in [-0.05, 0) is 24.0 Å². The van der Waals surface area contributed by atoms with Crippen LogP contribution in [-0.2, 0) is 23.5 Å². The molecular weight excluding hydrogens is 330 g/mol. The van der Waals surface area contributed by atoms with Crippen molar-refractivity contribution in [3.8, 4) is 0 Å². The van der Waals surface area contributed by atoms with Crippen LogP contribution in [-0.4, -0.2) is 18.2 Å². The fourth-order valence-corrected chi connectivity index (χ4v) is 4.44. The lowest BCUT2D eigenvalue weighted by molar-refractivity contribution is 0.404. The highest BCUT2D eigenvalue weighted by atomic mass is 35.5. The summed E-state index contributed by atoms with van der Waals surface area (Å²) in [4.78, 5) is 0. The fraction of sp³-hybridized carbons (Fsp3) is 0.462. The van der Waals surface area contributed by atoms with Crippen LogP contribution in [0.3, 0.4) is 0 Å². The lowest BCUT2D eigenvalue weighted by Crippen LogP contribution is -2.14. The zero-order chi connectivity index (χ0) is 15.8. The number of nitrogens with zero attached hydrogens (tertiary/aromatic N) is 2. The standard InChI is InChI=1S/C13H18ClN3O2S2/c1-13(2,3)8-9-7-11(17(4)15-9)16-21(18,19)12-6-5-10(14)20-12/h5-7,16H,8H2,1-4H3. The van der Waals surface area contributed by atoms with Crippen LogP contribution in [0.15, 0.2) is 22.4 Å². The first-order valence-corrected chi connectivity index (χ1v) is 9.06. The topological polar surface area (TPSA) is 64.0 Å². The van der Waals surface area contributed by atoms with E-state index in [4.69, 9.17) is 11.6 Å². The Morgan fingerprint density at radius 3 is 2.57 bits per heavy atom. The van der Waals surface area contributed by atoms with Gasteiger partial charge < -0.3 is 0 Å². The first-order valence-electron chi connectivity index (χ1n) is 6.38. The molecule has 0 unspecified atom stereocenters. The Morgan fingerprint density at radius 2 is 2.05 bits per heavy atom. The number of hydrogen-bond donors (Lipinski definition) is 1. The molecule has 0 bridgehead atoms. The molecule has 21 heavy (non-hydrogen) atoms. The molecular formula is C13H18ClN3O2S2. The predicted octanol–water partition coefficient (Wildman–Crippen LogP) is 3.52. The molecule has 8 heteroatoms. The van der Waals surface area contributed by atoms with Crippen LogP contribution in [0.4, 0.5) is 5.82 Å². The molecule has 1 N–H and O–H groups in total. The second-order valence-corrected chi connectivity index (χ2v) is 9.67. The van der Waals surface area contributed by atoms with Crippen LogP contribution in [0.1, 0.15) is 26.5 Å². The molecule has 5 nitrogen and oxygen atoms in total. The summed E-state index contributed by atoms with van der Waals surface area (Å²) in [6, 6.07) is 4.81. The molecule has 0 fully saturated rings. The van der Waals surface area contributed by atoms with Gasteiger partial charge in [0.2, 0.25) is 0 Å². The third-order valence-electron chi connectivity index (χ3n) is 2.69. The molecule has 2 rings (SSSR count). The van der Waals surface area contributed by atoms with Gasteiger partial charge in [0.25, 0.3) is 10.0 Å². The largest absolute Gasteiger partial charge is 0.272 e. The van der Waals surface area contributed by atoms with Gasteiger partial charge >= 0.3 is 0 Å². The SMILES string of the molecule is Cn1nc(CC(C)(C)C)cc1NS(=O)(=O)c1ccc(Cl)s1. The second kappa shape index (κ2) is 5.62. The molecule has 2 aromatic heterocycles. The summed E-state index contributed by atoms with van der Waals surface area (Å²) in [5.74, 6) is 0.443. The second-order valence-electron chi connectivity index (χ2n) is 6.05. The van der Waals surface area contributed by atoms with Gasteiger partial charge in [0, 0.05) is 13.1 Å². The van der Waals surface area contributed by atoms with Gasteiger partial charge in [0.1, 0.15) is 10.0 Å². The van der Waals surface area contributed by atoms with Gasteiger partial charge in [0.15, 0.2) is 0 Å². The maximum Gasteiger partial charge on any atom is 0.272 e. The number of rotatable bonds is 4. The first kappa shape index (κ1) is 16.3. The Bertz CT molecular complexity index is 742. The molecule has 0 saturated carbocycles. The fourth-order valence-electron chi connectivity index (χ4n) is 1.88. The smallest absolute Gasteiger partial charge is 0.263 e. The summed E-state index contributed by atoms with van der Waals surface area (Å²) in [6.45, 7) is 6.33. The van der Waals surface area contributed by atoms with E-state index in [1.165, 1.54) is 10.7 Å². The van der Waals surface area contributed by atoms with Crippen molar-refractivity contribution in [3.63, 3.8) is 0 Å². The van der Waals surface area contributed by atoms with Crippen molar-refractivity contribution in [2.75, 3.05) is 4.72 Å². The van der Waals surface area contributed by atoms with Gasteiger partial charge in [0.05, 0.1) is 10.0 Å². The number of nitrogens with one attached hydrogen (secondary N) is 1. The Hall–Kier alpha value is -1.05. The highest BCUT2D eigenvalue weighted by Gasteiger charge is 2.20. The Kier molecular flexibility index (Phi) is 4.37. The number of hydrogen-bond acceptors (Lipinski definition) is 4. The normalized spacial score (nSPS) is 12.6. The zero-order valence-electron chi connectivity index (χ0n) is 12.3. The van der Waals surface area contributed by atoms with Gasteiger partial charge in [-0.25, -0.2) is 8.42 Å². The Balaban J connectivity index is 2.24. The average molecular weight is 348 g/mol. The summed E-state index contributed by atoms with van der Waals surface area (Å²) >= 11 is 6.81. The first-order chi connectivity index (χ1) is 9.57. The quantitative estimate of drug-likeness (QED) is 0.920. The van der Waals surface area contributed by atoms with E-state index in [-0.39, 0.29) is 9.62 Å². The van der Waals surface area contributed by atoms with E-state index in [0.717, 1.165) is 23.5 Å². The molecule has 0 aliphatic heterocycles. The lowest BCUT2D eigenvalue weighted by atomic mass is 9.91. The van der Waals surface area contributed by atoms with Crippen LogP contribution in [0, 0.1) is 5.41 Å². The molecule has 2 aromatic rings. The molecule has 116 valence electrons. The molecule has 0 aliphatic carbocycles. The van der Waals surface area contributed by atoms with Crippen LogP contribution < -0.4 is 4.72 Å². The minimum atomic E-state index is -3.62. The summed E-state index contributed by atoms with van der Waals surface area (Å²) in [6.07, 6.45) is 0.771. The monoisotopic (exact) mass is 347 g/mol. The molecule has 0 saturated heterocycles. The van der Waals surface area contributed by atoms with Crippen molar-refractivity contribution in [2.24, 2.45) is 12.5 Å². The average Bonchev–Trinajstić information content (AvgIpc) is 2.84. The number of aromatic nitrogens is 2. The van der Waals surface area contributed by atoms with Crippen molar-refractivity contribution in [3.05, 3.63) is 28.2 Å². The van der Waals surface area contributed by atoms with Crippen molar-refractivity contribution in [1.82, 2.24) is 9.78 Å². The maximum absolute atomic E-state index is 12.3. The summed E-state index contributed by atoms with van der Waals surface area (Å²) in [5, 5.41) is 4.35. The molecule has 0 aliphatic rings. The Labute approximate surface area is 134 Å². The van der Waals surface area contributed by atoms with E-state index >= 15 is 0 Å². The van der Waals surface area contributed by atoms with Crippen molar-refractivity contribution < 1.29 is 8.42 Å². The molecule has 0 atom stereocenters. The van der Waals surface area contributed by atoms with Crippen molar-refractivity contribution >= 4 is 38.8 Å². The molecule has 0 spiro atoms. The van der Waals surface area contributed by atoms with E-state index < -0.39 is 10.0 Å². The maximum atomic E-state index is 12.3. The summed E-state index contributed by atoms with van der Waals surface area (Å²) in [7, 11) is -1.91. The van der Waals surface area contributed by atoms with Gasteiger partial charge in [-0.15, -0.1) is 11.3 Å². The number of halogens is 1. The predicted molar refractivity (Wildman–Crippen MR) is 86.5 cm³/mol. The number of sulfonamides is 1. The highest BCUT2D eigenvalue weighted by Crippen LogP contribution is 2.28. The Morgan fingerprint density at radius 1 is 1.38 bits per heavy atom. The molecule has 0 radical (unpaired) electrons. The van der Waals surface area contributed by atoms with Gasteiger partial charge in [-0.1, -0.05) is 32.4 Å². The highest BCUT2D eigenvalue weighted by molar-refractivity contribution is 7.94. The van der Waals surface area contributed by atoms with E-state index in [1.807, 2.05) is 0 Å². The van der Waals surface area contributed by atoms with Crippen LogP contribution >= 0.6 is 22.9 Å². The molecule has 0 aromatic carbocycles. The third-order valence-corrected chi connectivity index (χ3v) is 5.77. The van der Waals surface area contributed by atoms with E-state index in [0.29, 0.717) is 10.2 Å². The minimum absolute atomic E-state index is 0.0891. The minimum Gasteiger partial charge on any atom is -0.263 e. The number of aryl methyl sites for hydroxylation is 1. The van der Waals surface area contributed by atoms with Crippen molar-refractivity contribution in [2.45, 2.75) is 31.4 Å². The van der Waals surface area contributed by atoms with Crippen molar-refractivity contribution in [1.29, 1.82) is 0 Å². The third kappa shape index (κ3) is 4.21. The zero-order valence-corrected chi connectivity index (χ0v) is 14.7. The van der Waals surface area contributed by atoms with Gasteiger partial charge in [-0.3, -0.25) is 9.40 Å². The summed E-state index contributed by atoms with van der Waals surface area (Å²) < 4.78 is 29.2. The van der Waals surface area contributed by atoms with Gasteiger partial charge in [-0.2, -0.15) is 5.10 Å². The molecule has 0 amide bonds. The van der Waals surface area contributed by atoms with Crippen LogP contribution in [0.2, 0.25) is 4.34 Å². The van der Waals surface area contributed by atoms with Crippen LogP contribution in [0.5, 0.6) is 0 Å².